The van der Waals surface area contributed by atoms with E-state index >= 15 is 0 Å². The Balaban J connectivity index is 2.28. The number of fused-ring (bicyclic) bond motifs is 1. The van der Waals surface area contributed by atoms with Crippen LogP contribution in [0.15, 0.2) is 12.5 Å². The first-order chi connectivity index (χ1) is 4.90. The van der Waals surface area contributed by atoms with E-state index in [2.05, 4.69) is 4.98 Å². The number of hydrogen-bond donors (Lipinski definition) is 0. The molecule has 0 radical (unpaired) electrons. The average Bonchev–Trinajstić information content (AvgIpc) is 2.42. The highest BCUT2D eigenvalue weighted by Crippen LogP contribution is 2.17. The van der Waals surface area contributed by atoms with Crippen LogP contribution in [-0.2, 0) is 17.8 Å². The highest BCUT2D eigenvalue weighted by Gasteiger charge is 2.19. The van der Waals surface area contributed by atoms with Crippen molar-refractivity contribution in [2.75, 3.05) is 0 Å². The molecular weight excluding hydrogens is 128 g/mol. The van der Waals surface area contributed by atoms with Gasteiger partial charge in [-0.2, -0.15) is 0 Å². The largest absolute Gasteiger partial charge is 0.334 e. The molecule has 3 heteroatoms. The van der Waals surface area contributed by atoms with Crippen LogP contribution >= 0.6 is 0 Å². The third kappa shape index (κ3) is 0.667. The van der Waals surface area contributed by atoms with Crippen LogP contribution in [0.25, 0.3) is 0 Å². The number of carbonyl (C=O) groups excluding carboxylic acids is 1. The molecule has 1 aromatic heterocycles. The minimum atomic E-state index is 0.193. The van der Waals surface area contributed by atoms with E-state index in [4.69, 9.17) is 0 Å². The minimum absolute atomic E-state index is 0.193. The molecule has 0 amide bonds. The van der Waals surface area contributed by atoms with E-state index in [-0.39, 0.29) is 5.92 Å². The molecule has 2 heterocycles. The molecule has 0 spiro atoms. The fourth-order valence-corrected chi connectivity index (χ4v) is 1.36. The Morgan fingerprint density at radius 3 is 3.40 bits per heavy atom. The van der Waals surface area contributed by atoms with Crippen LogP contribution in [0.2, 0.25) is 0 Å². The van der Waals surface area contributed by atoms with Gasteiger partial charge in [-0.1, -0.05) is 0 Å². The van der Waals surface area contributed by atoms with Crippen LogP contribution in [0.1, 0.15) is 5.69 Å². The molecule has 1 aromatic rings. The van der Waals surface area contributed by atoms with Crippen LogP contribution in [0.4, 0.5) is 0 Å². The molecule has 10 heavy (non-hydrogen) atoms. The number of carbonyl (C=O) groups is 1. The zero-order chi connectivity index (χ0) is 6.97. The Labute approximate surface area is 58.7 Å². The van der Waals surface area contributed by atoms with E-state index in [1.54, 1.807) is 6.33 Å². The van der Waals surface area contributed by atoms with Crippen LogP contribution in [0.3, 0.4) is 0 Å². The monoisotopic (exact) mass is 136 g/mol. The van der Waals surface area contributed by atoms with Gasteiger partial charge in [0.2, 0.25) is 0 Å². The number of aromatic nitrogens is 2. The van der Waals surface area contributed by atoms with Crippen molar-refractivity contribution >= 4 is 6.29 Å². The summed E-state index contributed by atoms with van der Waals surface area (Å²) in [6, 6.07) is 0. The first kappa shape index (κ1) is 5.65. The number of imidazole rings is 1. The molecule has 2 rings (SSSR count). The highest BCUT2D eigenvalue weighted by molar-refractivity contribution is 5.54. The van der Waals surface area contributed by atoms with Gasteiger partial charge >= 0.3 is 0 Å². The van der Waals surface area contributed by atoms with E-state index in [0.29, 0.717) is 0 Å². The van der Waals surface area contributed by atoms with Crippen LogP contribution in [0, 0.1) is 5.92 Å². The summed E-state index contributed by atoms with van der Waals surface area (Å²) >= 11 is 0. The van der Waals surface area contributed by atoms with Crippen molar-refractivity contribution in [2.45, 2.75) is 13.0 Å². The van der Waals surface area contributed by atoms with Gasteiger partial charge in [-0.05, 0) is 0 Å². The van der Waals surface area contributed by atoms with Gasteiger partial charge in [0.1, 0.15) is 6.29 Å². The third-order valence-electron chi connectivity index (χ3n) is 1.89. The van der Waals surface area contributed by atoms with Gasteiger partial charge < -0.3 is 9.36 Å². The summed E-state index contributed by atoms with van der Waals surface area (Å²) in [4.78, 5) is 14.3. The molecule has 1 aliphatic heterocycles. The van der Waals surface area contributed by atoms with Gasteiger partial charge in [0.05, 0.1) is 6.33 Å². The maximum absolute atomic E-state index is 10.3. The molecule has 0 aliphatic carbocycles. The first-order valence-corrected chi connectivity index (χ1v) is 3.34. The Bertz CT molecular complexity index is 233. The summed E-state index contributed by atoms with van der Waals surface area (Å²) in [5.74, 6) is 0.193. The predicted molar refractivity (Wildman–Crippen MR) is 35.5 cm³/mol. The van der Waals surface area contributed by atoms with Gasteiger partial charge in [0.25, 0.3) is 0 Å². The highest BCUT2D eigenvalue weighted by atomic mass is 16.1. The maximum atomic E-state index is 10.3. The zero-order valence-corrected chi connectivity index (χ0v) is 5.53. The van der Waals surface area contributed by atoms with Crippen LogP contribution in [0.5, 0.6) is 0 Å². The van der Waals surface area contributed by atoms with E-state index in [1.165, 1.54) is 5.69 Å². The Hall–Kier alpha value is -1.12. The lowest BCUT2D eigenvalue weighted by molar-refractivity contribution is -0.111. The molecule has 1 aliphatic rings. The first-order valence-electron chi connectivity index (χ1n) is 3.34. The lowest BCUT2D eigenvalue weighted by Gasteiger charge is -1.94. The normalized spacial score (nSPS) is 22.6. The Kier molecular flexibility index (Phi) is 1.09. The summed E-state index contributed by atoms with van der Waals surface area (Å²) in [5, 5.41) is 0. The van der Waals surface area contributed by atoms with Crippen molar-refractivity contribution in [3.05, 3.63) is 18.2 Å². The second-order valence-corrected chi connectivity index (χ2v) is 2.64. The number of aldehydes is 1. The number of nitrogens with zero attached hydrogens (tertiary/aromatic N) is 2. The quantitative estimate of drug-likeness (QED) is 0.519. The summed E-state index contributed by atoms with van der Waals surface area (Å²) in [7, 11) is 0. The Morgan fingerprint density at radius 1 is 1.80 bits per heavy atom. The zero-order valence-electron chi connectivity index (χ0n) is 5.53. The predicted octanol–water partition coefficient (Wildman–Crippen LogP) is 0.254. The fraction of sp³-hybridized carbons (Fsp3) is 0.429. The van der Waals surface area contributed by atoms with Crippen molar-refractivity contribution in [1.82, 2.24) is 9.55 Å². The van der Waals surface area contributed by atoms with Gasteiger partial charge in [0.15, 0.2) is 0 Å². The Morgan fingerprint density at radius 2 is 2.70 bits per heavy atom. The molecule has 0 bridgehead atoms. The van der Waals surface area contributed by atoms with Crippen molar-refractivity contribution in [1.29, 1.82) is 0 Å². The molecule has 0 N–H and O–H groups in total. The van der Waals surface area contributed by atoms with E-state index < -0.39 is 0 Å². The van der Waals surface area contributed by atoms with E-state index in [9.17, 15) is 4.79 Å². The van der Waals surface area contributed by atoms with Crippen molar-refractivity contribution in [3.8, 4) is 0 Å². The van der Waals surface area contributed by atoms with Crippen molar-refractivity contribution in [2.24, 2.45) is 5.92 Å². The van der Waals surface area contributed by atoms with E-state index in [0.717, 1.165) is 19.3 Å². The lowest BCUT2D eigenvalue weighted by atomic mass is 10.1. The van der Waals surface area contributed by atoms with Gasteiger partial charge in [-0.3, -0.25) is 0 Å². The average molecular weight is 136 g/mol. The standard InChI is InChI=1S/C7H8N2O/c10-4-6-1-7-2-8-5-9(7)3-6/h2,4-6H,1,3H2. The maximum Gasteiger partial charge on any atom is 0.125 e. The van der Waals surface area contributed by atoms with Crippen molar-refractivity contribution in [3.63, 3.8) is 0 Å². The molecule has 0 saturated carbocycles. The number of rotatable bonds is 1. The lowest BCUT2D eigenvalue weighted by Crippen LogP contribution is -2.02. The van der Waals surface area contributed by atoms with Crippen LogP contribution in [-0.4, -0.2) is 15.8 Å². The summed E-state index contributed by atoms with van der Waals surface area (Å²) < 4.78 is 2.03. The second kappa shape index (κ2) is 1.94. The number of hydrogen-bond acceptors (Lipinski definition) is 2. The van der Waals surface area contributed by atoms with Crippen molar-refractivity contribution < 1.29 is 4.79 Å². The van der Waals surface area contributed by atoms with Gasteiger partial charge in [-0.15, -0.1) is 0 Å². The van der Waals surface area contributed by atoms with E-state index in [1.807, 2.05) is 10.8 Å². The molecule has 1 unspecified atom stereocenters. The molecule has 52 valence electrons. The molecule has 0 fully saturated rings. The summed E-state index contributed by atoms with van der Waals surface area (Å²) in [6.07, 6.45) is 5.48. The molecule has 0 saturated heterocycles. The fourth-order valence-electron chi connectivity index (χ4n) is 1.36. The third-order valence-corrected chi connectivity index (χ3v) is 1.89. The minimum Gasteiger partial charge on any atom is -0.334 e. The molecule has 0 aromatic carbocycles. The summed E-state index contributed by atoms with van der Waals surface area (Å²) in [5.41, 5.74) is 1.18. The molecule has 3 nitrogen and oxygen atoms in total. The molecule has 1 atom stereocenters. The summed E-state index contributed by atoms with van der Waals surface area (Å²) in [6.45, 7) is 0.818. The topological polar surface area (TPSA) is 34.9 Å². The smallest absolute Gasteiger partial charge is 0.125 e. The van der Waals surface area contributed by atoms with Gasteiger partial charge in [0, 0.05) is 30.8 Å². The second-order valence-electron chi connectivity index (χ2n) is 2.64. The van der Waals surface area contributed by atoms with Crippen LogP contribution < -0.4 is 0 Å². The SMILES string of the molecule is O=CC1Cc2cncn2C1. The van der Waals surface area contributed by atoms with Gasteiger partial charge in [-0.25, -0.2) is 4.98 Å². The molecular formula is C7H8N2O.